The summed E-state index contributed by atoms with van der Waals surface area (Å²) in [7, 11) is 1.65. The molecule has 1 atom stereocenters. The van der Waals surface area contributed by atoms with Gasteiger partial charge in [0, 0.05) is 41.7 Å². The van der Waals surface area contributed by atoms with E-state index in [2.05, 4.69) is 20.5 Å². The molecule has 29 heavy (non-hydrogen) atoms. The molecule has 1 unspecified atom stereocenters. The van der Waals surface area contributed by atoms with Gasteiger partial charge in [0.2, 0.25) is 5.91 Å². The Kier molecular flexibility index (Phi) is 5.03. The number of rotatable bonds is 4. The Morgan fingerprint density at radius 1 is 1.28 bits per heavy atom. The minimum absolute atomic E-state index is 0.0272. The number of imidazole rings is 1. The number of hydrogen-bond acceptors (Lipinski definition) is 5. The van der Waals surface area contributed by atoms with Crippen LogP contribution < -0.4 is 10.1 Å². The average Bonchev–Trinajstić information content (AvgIpc) is 3.30. The minimum atomic E-state index is -0.250. The molecule has 1 aliphatic heterocycles. The number of amides is 1. The van der Waals surface area contributed by atoms with Gasteiger partial charge in [0.1, 0.15) is 11.6 Å². The van der Waals surface area contributed by atoms with E-state index in [1.165, 1.54) is 12.8 Å². The lowest BCUT2D eigenvalue weighted by atomic mass is 9.89. The molecular weight excluding hydrogens is 374 g/mol. The van der Waals surface area contributed by atoms with Crippen LogP contribution in [-0.2, 0) is 9.59 Å². The zero-order chi connectivity index (χ0) is 20.4. The number of nitrogens with zero attached hydrogens (tertiary/aromatic N) is 3. The van der Waals surface area contributed by atoms with Crippen molar-refractivity contribution < 1.29 is 19.4 Å². The van der Waals surface area contributed by atoms with Gasteiger partial charge in [-0.15, -0.1) is 0 Å². The molecule has 0 spiro atoms. The molecule has 9 heteroatoms. The Labute approximate surface area is 166 Å². The van der Waals surface area contributed by atoms with E-state index < -0.39 is 0 Å². The molecule has 0 bridgehead atoms. The fraction of sp³-hybridized carbons (Fsp3) is 0.300. The van der Waals surface area contributed by atoms with E-state index in [9.17, 15) is 4.79 Å². The third kappa shape index (κ3) is 3.58. The first-order valence-corrected chi connectivity index (χ1v) is 9.29. The second kappa shape index (κ2) is 7.78. The Morgan fingerprint density at radius 3 is 2.66 bits per heavy atom. The van der Waals surface area contributed by atoms with E-state index in [1.807, 2.05) is 35.0 Å². The molecule has 3 heterocycles. The lowest BCUT2D eigenvalue weighted by molar-refractivity contribution is -0.123. The van der Waals surface area contributed by atoms with Crippen LogP contribution in [0.1, 0.15) is 48.2 Å². The molecule has 1 aromatic carbocycles. The monoisotopic (exact) mass is 395 g/mol. The molecule has 2 aromatic heterocycles. The number of anilines is 1. The zero-order valence-corrected chi connectivity index (χ0v) is 15.8. The van der Waals surface area contributed by atoms with Crippen molar-refractivity contribution in [3.05, 3.63) is 53.7 Å². The number of H-pyrrole nitrogens is 1. The summed E-state index contributed by atoms with van der Waals surface area (Å²) >= 11 is 0. The summed E-state index contributed by atoms with van der Waals surface area (Å²) in [5.41, 5.74) is 3.23. The van der Waals surface area contributed by atoms with Gasteiger partial charge < -0.3 is 19.7 Å². The number of carboxylic acid groups (broad SMARTS) is 1. The van der Waals surface area contributed by atoms with Gasteiger partial charge in [-0.1, -0.05) is 0 Å². The van der Waals surface area contributed by atoms with Crippen molar-refractivity contribution in [3.63, 3.8) is 0 Å². The number of carbonyl (C=O) groups is 2. The maximum Gasteiger partial charge on any atom is 0.290 e. The van der Waals surface area contributed by atoms with E-state index in [0.29, 0.717) is 18.2 Å². The highest BCUT2D eigenvalue weighted by Crippen LogP contribution is 2.47. The molecular formula is C20H21N5O4. The topological polar surface area (TPSA) is 122 Å². The molecule has 1 aliphatic carbocycles. The predicted molar refractivity (Wildman–Crippen MR) is 104 cm³/mol. The first kappa shape index (κ1) is 18.7. The normalized spacial score (nSPS) is 17.6. The fourth-order valence-corrected chi connectivity index (χ4v) is 3.72. The summed E-state index contributed by atoms with van der Waals surface area (Å²) in [6, 6.07) is 7.83. The number of nitrogens with one attached hydrogen (secondary N) is 2. The van der Waals surface area contributed by atoms with Crippen LogP contribution in [0, 0.1) is 0 Å². The van der Waals surface area contributed by atoms with E-state index in [0.717, 1.165) is 28.5 Å². The van der Waals surface area contributed by atoms with Crippen molar-refractivity contribution in [1.29, 1.82) is 0 Å². The number of carbonyl (C=O) groups excluding carboxylic acids is 1. The molecule has 1 saturated carbocycles. The van der Waals surface area contributed by atoms with Crippen molar-refractivity contribution in [3.8, 4) is 11.4 Å². The molecule has 9 nitrogen and oxygen atoms in total. The molecule has 3 N–H and O–H groups in total. The number of hydrogen-bond donors (Lipinski definition) is 3. The molecule has 1 amide bonds. The van der Waals surface area contributed by atoms with Crippen molar-refractivity contribution >= 4 is 18.2 Å². The Morgan fingerprint density at radius 2 is 2.00 bits per heavy atom. The first-order chi connectivity index (χ1) is 14.2. The minimum Gasteiger partial charge on any atom is -0.497 e. The molecule has 0 saturated heterocycles. The van der Waals surface area contributed by atoms with E-state index in [4.69, 9.17) is 14.6 Å². The quantitative estimate of drug-likeness (QED) is 0.584. The molecule has 2 aliphatic rings. The van der Waals surface area contributed by atoms with Gasteiger partial charge in [0.05, 0.1) is 13.0 Å². The number of aromatic amines is 1. The van der Waals surface area contributed by atoms with Crippen molar-refractivity contribution in [2.24, 2.45) is 0 Å². The molecule has 5 rings (SSSR count). The second-order valence-electron chi connectivity index (χ2n) is 6.94. The predicted octanol–water partition coefficient (Wildman–Crippen LogP) is 2.66. The Balaban J connectivity index is 0.000000645. The van der Waals surface area contributed by atoms with Gasteiger partial charge >= 0.3 is 0 Å². The summed E-state index contributed by atoms with van der Waals surface area (Å²) in [5, 5.41) is 17.3. The lowest BCUT2D eigenvalue weighted by Crippen LogP contribution is -2.25. The van der Waals surface area contributed by atoms with E-state index in [1.54, 1.807) is 13.3 Å². The van der Waals surface area contributed by atoms with E-state index >= 15 is 0 Å². The molecule has 150 valence electrons. The molecule has 3 aromatic rings. The van der Waals surface area contributed by atoms with Gasteiger partial charge in [0.25, 0.3) is 6.47 Å². The standard InChI is InChI=1S/C19H19N5O2.CH2O2/c1-26-13-6-4-12(5-7-13)24-9-8-20-19(24)14-10-15(25)21-18-16(14)17(22-23-18)11-2-3-11;2-1-3/h4-9,11,14H,2-3,10H2,1H3,(H2,21,22,23,25);1H,(H,2,3). The Bertz CT molecular complexity index is 1020. The number of ether oxygens (including phenoxy) is 1. The van der Waals surface area contributed by atoms with Gasteiger partial charge in [0.15, 0.2) is 5.82 Å². The summed E-state index contributed by atoms with van der Waals surface area (Å²) in [6.45, 7) is -0.250. The van der Waals surface area contributed by atoms with Crippen LogP contribution >= 0.6 is 0 Å². The van der Waals surface area contributed by atoms with E-state index in [-0.39, 0.29) is 18.3 Å². The average molecular weight is 395 g/mol. The van der Waals surface area contributed by atoms with Crippen LogP contribution in [0.4, 0.5) is 5.82 Å². The summed E-state index contributed by atoms with van der Waals surface area (Å²) in [4.78, 5) is 25.2. The highest BCUT2D eigenvalue weighted by atomic mass is 16.5. The van der Waals surface area contributed by atoms with Gasteiger partial charge in [-0.25, -0.2) is 4.98 Å². The number of methoxy groups -OCH3 is 1. The van der Waals surface area contributed by atoms with Gasteiger partial charge in [-0.05, 0) is 37.1 Å². The maximum atomic E-state index is 12.2. The van der Waals surface area contributed by atoms with Crippen LogP contribution in [0.2, 0.25) is 0 Å². The van der Waals surface area contributed by atoms with Crippen LogP contribution in [0.15, 0.2) is 36.7 Å². The van der Waals surface area contributed by atoms with Gasteiger partial charge in [-0.3, -0.25) is 14.7 Å². The zero-order valence-electron chi connectivity index (χ0n) is 15.8. The number of fused-ring (bicyclic) bond motifs is 1. The second-order valence-corrected chi connectivity index (χ2v) is 6.94. The lowest BCUT2D eigenvalue weighted by Gasteiger charge is -2.23. The highest BCUT2D eigenvalue weighted by Gasteiger charge is 2.38. The molecule has 1 fully saturated rings. The van der Waals surface area contributed by atoms with Gasteiger partial charge in [-0.2, -0.15) is 5.10 Å². The third-order valence-corrected chi connectivity index (χ3v) is 5.15. The van der Waals surface area contributed by atoms with Crippen LogP contribution in [0.5, 0.6) is 5.75 Å². The summed E-state index contributed by atoms with van der Waals surface area (Å²) in [5.74, 6) is 2.70. The molecule has 0 radical (unpaired) electrons. The summed E-state index contributed by atoms with van der Waals surface area (Å²) < 4.78 is 7.28. The van der Waals surface area contributed by atoms with Crippen LogP contribution in [-0.4, -0.2) is 44.3 Å². The highest BCUT2D eigenvalue weighted by molar-refractivity contribution is 5.94. The number of aromatic nitrogens is 4. The smallest absolute Gasteiger partial charge is 0.290 e. The maximum absolute atomic E-state index is 12.2. The summed E-state index contributed by atoms with van der Waals surface area (Å²) in [6.07, 6.45) is 6.42. The Hall–Kier alpha value is -3.62. The first-order valence-electron chi connectivity index (χ1n) is 9.29. The van der Waals surface area contributed by atoms with Crippen molar-refractivity contribution in [1.82, 2.24) is 19.7 Å². The number of benzene rings is 1. The van der Waals surface area contributed by atoms with Crippen LogP contribution in [0.25, 0.3) is 5.69 Å². The SMILES string of the molecule is COc1ccc(-n2ccnc2C2CC(=O)Nc3n[nH]c(C4CC4)c32)cc1.O=CO. The fourth-order valence-electron chi connectivity index (χ4n) is 3.72. The van der Waals surface area contributed by atoms with Crippen LogP contribution in [0.3, 0.4) is 0 Å². The largest absolute Gasteiger partial charge is 0.497 e. The third-order valence-electron chi connectivity index (χ3n) is 5.15. The van der Waals surface area contributed by atoms with Crippen molar-refractivity contribution in [2.45, 2.75) is 31.1 Å². The van der Waals surface area contributed by atoms with Crippen molar-refractivity contribution in [2.75, 3.05) is 12.4 Å².